The molecular weight excluding hydrogens is 178 g/mol. The first-order chi connectivity index (χ1) is 6.86. The van der Waals surface area contributed by atoms with E-state index in [1.165, 1.54) is 32.1 Å². The van der Waals surface area contributed by atoms with Gasteiger partial charge in [-0.15, -0.1) is 0 Å². The minimum Gasteiger partial charge on any atom is -0.392 e. The first-order valence-corrected chi connectivity index (χ1v) is 5.69. The van der Waals surface area contributed by atoms with Crippen LogP contribution in [0.2, 0.25) is 0 Å². The highest BCUT2D eigenvalue weighted by atomic mass is 16.6. The Hall–Kier alpha value is -0.570. The number of rotatable bonds is 7. The molecule has 14 heavy (non-hydrogen) atoms. The van der Waals surface area contributed by atoms with E-state index in [9.17, 15) is 0 Å². The average Bonchev–Trinajstić information content (AvgIpc) is 2.65. The van der Waals surface area contributed by atoms with Crippen molar-refractivity contribution < 1.29 is 9.94 Å². The summed E-state index contributed by atoms with van der Waals surface area (Å²) in [4.78, 5) is 5.03. The van der Waals surface area contributed by atoms with Gasteiger partial charge in [-0.25, -0.2) is 0 Å². The molecule has 0 aliphatic carbocycles. The van der Waals surface area contributed by atoms with E-state index in [1.54, 1.807) is 0 Å². The van der Waals surface area contributed by atoms with Gasteiger partial charge < -0.3 is 9.94 Å². The van der Waals surface area contributed by atoms with Gasteiger partial charge >= 0.3 is 0 Å². The van der Waals surface area contributed by atoms with Gasteiger partial charge in [0.1, 0.15) is 0 Å². The monoisotopic (exact) mass is 199 g/mol. The van der Waals surface area contributed by atoms with E-state index in [4.69, 9.17) is 9.94 Å². The lowest BCUT2D eigenvalue weighted by Crippen LogP contribution is -2.12. The third-order valence-corrected chi connectivity index (χ3v) is 2.57. The summed E-state index contributed by atoms with van der Waals surface area (Å²) < 4.78 is 0. The molecule has 1 rings (SSSR count). The summed E-state index contributed by atoms with van der Waals surface area (Å²) in [6, 6.07) is 0. The van der Waals surface area contributed by atoms with Crippen molar-refractivity contribution in [1.29, 1.82) is 0 Å². The Kier molecular flexibility index (Phi) is 5.60. The highest BCUT2D eigenvalue weighted by Crippen LogP contribution is 2.15. The number of aliphatic hydroxyl groups is 1. The van der Waals surface area contributed by atoms with Crippen LogP contribution in [-0.4, -0.2) is 23.5 Å². The van der Waals surface area contributed by atoms with Crippen molar-refractivity contribution in [2.45, 2.75) is 58.0 Å². The smallest absolute Gasteiger partial charge is 0.155 e. The van der Waals surface area contributed by atoms with Gasteiger partial charge in [-0.05, 0) is 12.8 Å². The fourth-order valence-electron chi connectivity index (χ4n) is 1.66. The lowest BCUT2D eigenvalue weighted by Gasteiger charge is -2.01. The fraction of sp³-hybridized carbons (Fsp3) is 0.909. The number of hydrogen-bond acceptors (Lipinski definition) is 3. The van der Waals surface area contributed by atoms with Gasteiger partial charge in [-0.1, -0.05) is 37.8 Å². The van der Waals surface area contributed by atoms with E-state index in [2.05, 4.69) is 12.1 Å². The van der Waals surface area contributed by atoms with Crippen LogP contribution in [0.4, 0.5) is 0 Å². The Morgan fingerprint density at radius 1 is 1.36 bits per heavy atom. The molecule has 0 saturated carbocycles. The van der Waals surface area contributed by atoms with Crippen LogP contribution in [-0.2, 0) is 4.84 Å². The molecule has 0 aromatic rings. The molecule has 1 heterocycles. The standard InChI is InChI=1S/C11H21NO2/c1-2-3-4-5-6-7-10-8-11(9-13)14-12-10/h11,13H,2-9H2,1H3/t11-/m1/s1. The zero-order chi connectivity index (χ0) is 10.2. The number of hydrogen-bond donors (Lipinski definition) is 1. The summed E-state index contributed by atoms with van der Waals surface area (Å²) in [5, 5.41) is 12.8. The van der Waals surface area contributed by atoms with Crippen molar-refractivity contribution in [3.8, 4) is 0 Å². The molecule has 1 atom stereocenters. The second kappa shape index (κ2) is 6.82. The lowest BCUT2D eigenvalue weighted by atomic mass is 10.1. The van der Waals surface area contributed by atoms with Gasteiger partial charge in [0.25, 0.3) is 0 Å². The first kappa shape index (κ1) is 11.5. The van der Waals surface area contributed by atoms with Crippen LogP contribution in [0.25, 0.3) is 0 Å². The Labute approximate surface area is 86.1 Å². The molecule has 0 radical (unpaired) electrons. The second-order valence-electron chi connectivity index (χ2n) is 3.94. The summed E-state index contributed by atoms with van der Waals surface area (Å²) in [6.07, 6.45) is 8.25. The molecule has 0 fully saturated rings. The number of aliphatic hydroxyl groups excluding tert-OH is 1. The predicted octanol–water partition coefficient (Wildman–Crippen LogP) is 2.48. The molecule has 1 aliphatic rings. The molecule has 0 spiro atoms. The van der Waals surface area contributed by atoms with Crippen LogP contribution < -0.4 is 0 Å². The fourth-order valence-corrected chi connectivity index (χ4v) is 1.66. The van der Waals surface area contributed by atoms with Crippen LogP contribution in [0.5, 0.6) is 0 Å². The molecular formula is C11H21NO2. The molecule has 1 N–H and O–H groups in total. The largest absolute Gasteiger partial charge is 0.392 e. The molecule has 82 valence electrons. The summed E-state index contributed by atoms with van der Waals surface area (Å²) in [7, 11) is 0. The summed E-state index contributed by atoms with van der Waals surface area (Å²) >= 11 is 0. The van der Waals surface area contributed by atoms with E-state index in [0.29, 0.717) is 0 Å². The van der Waals surface area contributed by atoms with Crippen LogP contribution in [0.1, 0.15) is 51.9 Å². The third kappa shape index (κ3) is 4.09. The number of nitrogens with zero attached hydrogens (tertiary/aromatic N) is 1. The summed E-state index contributed by atoms with van der Waals surface area (Å²) in [5.41, 5.74) is 1.13. The van der Waals surface area contributed by atoms with Crippen molar-refractivity contribution >= 4 is 5.71 Å². The summed E-state index contributed by atoms with van der Waals surface area (Å²) in [6.45, 7) is 2.31. The van der Waals surface area contributed by atoms with E-state index >= 15 is 0 Å². The quantitative estimate of drug-likeness (QED) is 0.640. The van der Waals surface area contributed by atoms with Crippen LogP contribution in [0.15, 0.2) is 5.16 Å². The molecule has 0 aromatic carbocycles. The highest BCUT2D eigenvalue weighted by molar-refractivity contribution is 5.85. The number of unbranched alkanes of at least 4 members (excludes halogenated alkanes) is 4. The normalized spacial score (nSPS) is 20.7. The van der Waals surface area contributed by atoms with Gasteiger partial charge in [-0.3, -0.25) is 0 Å². The van der Waals surface area contributed by atoms with E-state index in [-0.39, 0.29) is 12.7 Å². The maximum Gasteiger partial charge on any atom is 0.155 e. The van der Waals surface area contributed by atoms with Gasteiger partial charge in [-0.2, -0.15) is 0 Å². The molecule has 0 saturated heterocycles. The van der Waals surface area contributed by atoms with Crippen molar-refractivity contribution in [2.24, 2.45) is 5.16 Å². The van der Waals surface area contributed by atoms with Crippen LogP contribution in [0, 0.1) is 0 Å². The van der Waals surface area contributed by atoms with Crippen LogP contribution in [0.3, 0.4) is 0 Å². The van der Waals surface area contributed by atoms with E-state index in [1.807, 2.05) is 0 Å². The Balaban J connectivity index is 1.97. The molecule has 0 unspecified atom stereocenters. The number of oxime groups is 1. The SMILES string of the molecule is CCCCCCCC1=NO[C@@H](CO)C1. The second-order valence-corrected chi connectivity index (χ2v) is 3.94. The van der Waals surface area contributed by atoms with Gasteiger partial charge in [0.2, 0.25) is 0 Å². The molecule has 0 bridgehead atoms. The molecule has 0 aromatic heterocycles. The molecule has 1 aliphatic heterocycles. The molecule has 3 heteroatoms. The van der Waals surface area contributed by atoms with E-state index < -0.39 is 0 Å². The maximum absolute atomic E-state index is 8.83. The first-order valence-electron chi connectivity index (χ1n) is 5.69. The summed E-state index contributed by atoms with van der Waals surface area (Å²) in [5.74, 6) is 0. The van der Waals surface area contributed by atoms with Gasteiger partial charge in [0.05, 0.1) is 12.3 Å². The van der Waals surface area contributed by atoms with Crippen molar-refractivity contribution in [2.75, 3.05) is 6.61 Å². The van der Waals surface area contributed by atoms with Crippen molar-refractivity contribution in [1.82, 2.24) is 0 Å². The Morgan fingerprint density at radius 2 is 2.14 bits per heavy atom. The Morgan fingerprint density at radius 3 is 2.79 bits per heavy atom. The Bertz CT molecular complexity index is 180. The minimum atomic E-state index is -0.0689. The molecule has 3 nitrogen and oxygen atoms in total. The lowest BCUT2D eigenvalue weighted by molar-refractivity contribution is 0.0390. The zero-order valence-electron chi connectivity index (χ0n) is 9.04. The predicted molar refractivity (Wildman–Crippen MR) is 57.4 cm³/mol. The van der Waals surface area contributed by atoms with Crippen LogP contribution >= 0.6 is 0 Å². The highest BCUT2D eigenvalue weighted by Gasteiger charge is 2.18. The topological polar surface area (TPSA) is 41.8 Å². The van der Waals surface area contributed by atoms with Gasteiger partial charge in [0, 0.05) is 6.42 Å². The third-order valence-electron chi connectivity index (χ3n) is 2.57. The molecule has 0 amide bonds. The average molecular weight is 199 g/mol. The zero-order valence-corrected chi connectivity index (χ0v) is 9.04. The van der Waals surface area contributed by atoms with Crippen molar-refractivity contribution in [3.05, 3.63) is 0 Å². The maximum atomic E-state index is 8.83. The van der Waals surface area contributed by atoms with Gasteiger partial charge in [0.15, 0.2) is 6.10 Å². The van der Waals surface area contributed by atoms with E-state index in [0.717, 1.165) is 18.6 Å². The minimum absolute atomic E-state index is 0.0689. The van der Waals surface area contributed by atoms with Crippen molar-refractivity contribution in [3.63, 3.8) is 0 Å².